The predicted molar refractivity (Wildman–Crippen MR) is 201 cm³/mol. The number of nitrogens with zero attached hydrogens (tertiary/aromatic N) is 2. The zero-order chi connectivity index (χ0) is 34.9. The van der Waals surface area contributed by atoms with Gasteiger partial charge in [0.15, 0.2) is 0 Å². The number of carbonyl (C=O) groups is 3. The van der Waals surface area contributed by atoms with E-state index in [0.29, 0.717) is 37.1 Å². The van der Waals surface area contributed by atoms with Crippen LogP contribution >= 0.6 is 0 Å². The number of aryl methyl sites for hydroxylation is 2. The van der Waals surface area contributed by atoms with Crippen molar-refractivity contribution in [3.05, 3.63) is 145 Å². The Balaban J connectivity index is 1.21. The standard InChI is InChI=1S/C43H38N4O3/c1-29(48)13-15-35-23-31(37-9-5-21-44-27-37)17-19-41(35)33-7-3-11-39(25-33)46-43(50)47-40-12-4-8-34(26-40)42-20-18-32(38-10-6-22-45-28-38)24-36(42)16-14-30(2)49/h3-12,17-28H,13-16H2,1-2H3,(H2,46,47,50). The van der Waals surface area contributed by atoms with E-state index in [1.807, 2.05) is 85.2 Å². The summed E-state index contributed by atoms with van der Waals surface area (Å²) in [5.41, 5.74) is 11.4. The third-order valence-electron chi connectivity index (χ3n) is 8.56. The van der Waals surface area contributed by atoms with Gasteiger partial charge in [-0.05, 0) is 119 Å². The van der Waals surface area contributed by atoms with E-state index in [0.717, 1.165) is 55.6 Å². The number of pyridine rings is 2. The summed E-state index contributed by atoms with van der Waals surface area (Å²) in [6.07, 6.45) is 9.25. The van der Waals surface area contributed by atoms with Gasteiger partial charge >= 0.3 is 6.03 Å². The Hall–Kier alpha value is -6.21. The highest BCUT2D eigenvalue weighted by molar-refractivity contribution is 6.00. The van der Waals surface area contributed by atoms with Crippen molar-refractivity contribution in [1.82, 2.24) is 9.97 Å². The number of rotatable bonds is 12. The number of anilines is 2. The third-order valence-corrected chi connectivity index (χ3v) is 8.56. The monoisotopic (exact) mass is 658 g/mol. The van der Waals surface area contributed by atoms with Gasteiger partial charge in [0.25, 0.3) is 0 Å². The molecular weight excluding hydrogens is 620 g/mol. The second-order valence-corrected chi connectivity index (χ2v) is 12.4. The van der Waals surface area contributed by atoms with Crippen molar-refractivity contribution < 1.29 is 14.4 Å². The number of amides is 2. The maximum Gasteiger partial charge on any atom is 0.323 e. The van der Waals surface area contributed by atoms with Gasteiger partial charge in [0.05, 0.1) is 0 Å². The number of carbonyl (C=O) groups excluding carboxylic acids is 3. The summed E-state index contributed by atoms with van der Waals surface area (Å²) in [6.45, 7) is 3.22. The second-order valence-electron chi connectivity index (χ2n) is 12.4. The zero-order valence-corrected chi connectivity index (χ0v) is 28.1. The van der Waals surface area contributed by atoms with Gasteiger partial charge in [0, 0.05) is 49.0 Å². The lowest BCUT2D eigenvalue weighted by Crippen LogP contribution is -2.19. The molecule has 7 nitrogen and oxygen atoms in total. The van der Waals surface area contributed by atoms with E-state index in [1.54, 1.807) is 26.2 Å². The van der Waals surface area contributed by atoms with Gasteiger partial charge in [-0.3, -0.25) is 9.97 Å². The Morgan fingerprint density at radius 1 is 0.500 bits per heavy atom. The van der Waals surface area contributed by atoms with Gasteiger partial charge in [-0.25, -0.2) is 4.79 Å². The largest absolute Gasteiger partial charge is 0.323 e. The number of ketones is 2. The predicted octanol–water partition coefficient (Wildman–Crippen LogP) is 9.83. The van der Waals surface area contributed by atoms with Crippen molar-refractivity contribution in [2.24, 2.45) is 0 Å². The molecule has 0 saturated heterocycles. The molecule has 2 amide bonds. The van der Waals surface area contributed by atoms with Crippen LogP contribution < -0.4 is 10.6 Å². The number of hydrogen-bond donors (Lipinski definition) is 2. The summed E-state index contributed by atoms with van der Waals surface area (Å²) in [6, 6.07) is 35.4. The molecule has 0 aliphatic carbocycles. The molecular formula is C43H38N4O3. The first-order valence-electron chi connectivity index (χ1n) is 16.7. The number of nitrogens with one attached hydrogen (secondary N) is 2. The van der Waals surface area contributed by atoms with Crippen molar-refractivity contribution >= 4 is 29.0 Å². The lowest BCUT2D eigenvalue weighted by molar-refractivity contribution is -0.117. The minimum Gasteiger partial charge on any atom is -0.308 e. The molecule has 4 aromatic carbocycles. The molecule has 2 aromatic heterocycles. The van der Waals surface area contributed by atoms with E-state index in [1.165, 1.54) is 0 Å². The van der Waals surface area contributed by atoms with Crippen LogP contribution in [0, 0.1) is 0 Å². The molecule has 0 atom stereocenters. The second kappa shape index (κ2) is 15.8. The number of aromatic nitrogens is 2. The maximum atomic E-state index is 13.3. The van der Waals surface area contributed by atoms with Crippen LogP contribution in [0.3, 0.4) is 0 Å². The molecule has 2 heterocycles. The van der Waals surface area contributed by atoms with Crippen molar-refractivity contribution in [3.8, 4) is 44.5 Å². The molecule has 0 bridgehead atoms. The highest BCUT2D eigenvalue weighted by atomic mass is 16.2. The molecule has 2 N–H and O–H groups in total. The Kier molecular flexibility index (Phi) is 10.6. The highest BCUT2D eigenvalue weighted by Gasteiger charge is 2.13. The van der Waals surface area contributed by atoms with Crippen molar-refractivity contribution in [3.63, 3.8) is 0 Å². The fraction of sp³-hybridized carbons (Fsp3) is 0.140. The minimum absolute atomic E-state index is 0.132. The summed E-state index contributed by atoms with van der Waals surface area (Å²) in [5.74, 6) is 0.265. The van der Waals surface area contributed by atoms with Gasteiger partial charge in [0.2, 0.25) is 0 Å². The van der Waals surface area contributed by atoms with Crippen LogP contribution in [0.4, 0.5) is 16.2 Å². The molecule has 6 rings (SSSR count). The van der Waals surface area contributed by atoms with E-state index in [4.69, 9.17) is 0 Å². The molecule has 7 heteroatoms. The summed E-state index contributed by atoms with van der Waals surface area (Å²) < 4.78 is 0. The molecule has 0 spiro atoms. The van der Waals surface area contributed by atoms with Gasteiger partial charge in [-0.1, -0.05) is 72.8 Å². The van der Waals surface area contributed by atoms with Crippen LogP contribution in [0.2, 0.25) is 0 Å². The fourth-order valence-corrected chi connectivity index (χ4v) is 6.03. The highest BCUT2D eigenvalue weighted by Crippen LogP contribution is 2.33. The summed E-state index contributed by atoms with van der Waals surface area (Å²) in [4.78, 5) is 45.6. The zero-order valence-electron chi connectivity index (χ0n) is 28.1. The topological polar surface area (TPSA) is 101 Å². The molecule has 0 saturated carbocycles. The number of benzene rings is 4. The lowest BCUT2D eigenvalue weighted by Gasteiger charge is -2.15. The SMILES string of the molecule is CC(=O)CCc1cc(-c2cccnc2)ccc1-c1cccc(NC(=O)Nc2cccc(-c3ccc(-c4cccnc4)cc3CCC(C)=O)c2)c1. The fourth-order valence-electron chi connectivity index (χ4n) is 6.03. The quantitative estimate of drug-likeness (QED) is 0.136. The summed E-state index contributed by atoms with van der Waals surface area (Å²) in [5, 5.41) is 5.96. The van der Waals surface area contributed by atoms with E-state index in [2.05, 4.69) is 57.0 Å². The van der Waals surface area contributed by atoms with Gasteiger partial charge < -0.3 is 20.2 Å². The maximum absolute atomic E-state index is 13.3. The molecule has 248 valence electrons. The number of hydrogen-bond acceptors (Lipinski definition) is 5. The van der Waals surface area contributed by atoms with Crippen molar-refractivity contribution in [2.45, 2.75) is 39.5 Å². The first-order chi connectivity index (χ1) is 24.3. The number of Topliss-reactive ketones (excluding diaryl/α,β-unsaturated/α-hetero) is 2. The Bertz CT molecular complexity index is 1990. The van der Waals surface area contributed by atoms with Gasteiger partial charge in [-0.2, -0.15) is 0 Å². The first kappa shape index (κ1) is 33.7. The minimum atomic E-state index is -0.369. The molecule has 0 unspecified atom stereocenters. The normalized spacial score (nSPS) is 10.8. The average molecular weight is 659 g/mol. The first-order valence-corrected chi connectivity index (χ1v) is 16.7. The van der Waals surface area contributed by atoms with E-state index in [9.17, 15) is 14.4 Å². The lowest BCUT2D eigenvalue weighted by atomic mass is 9.92. The van der Waals surface area contributed by atoms with Crippen molar-refractivity contribution in [1.29, 1.82) is 0 Å². The van der Waals surface area contributed by atoms with E-state index >= 15 is 0 Å². The molecule has 0 aliphatic heterocycles. The summed E-state index contributed by atoms with van der Waals surface area (Å²) in [7, 11) is 0. The average Bonchev–Trinajstić information content (AvgIpc) is 3.13. The van der Waals surface area contributed by atoms with Crippen LogP contribution in [0.25, 0.3) is 44.5 Å². The van der Waals surface area contributed by atoms with Crippen molar-refractivity contribution in [2.75, 3.05) is 10.6 Å². The summed E-state index contributed by atoms with van der Waals surface area (Å²) >= 11 is 0. The molecule has 6 aromatic rings. The molecule has 0 radical (unpaired) electrons. The van der Waals surface area contributed by atoms with Gasteiger partial charge in [-0.15, -0.1) is 0 Å². The van der Waals surface area contributed by atoms with Crippen LogP contribution in [-0.4, -0.2) is 27.6 Å². The van der Waals surface area contributed by atoms with Crippen LogP contribution in [0.5, 0.6) is 0 Å². The Morgan fingerprint density at radius 2 is 0.940 bits per heavy atom. The van der Waals surface area contributed by atoms with E-state index < -0.39 is 0 Å². The van der Waals surface area contributed by atoms with Crippen LogP contribution in [0.15, 0.2) is 134 Å². The third kappa shape index (κ3) is 8.62. The number of urea groups is 1. The molecule has 0 fully saturated rings. The smallest absolute Gasteiger partial charge is 0.308 e. The molecule has 50 heavy (non-hydrogen) atoms. The Labute approximate surface area is 292 Å². The molecule has 0 aliphatic rings. The Morgan fingerprint density at radius 3 is 1.34 bits per heavy atom. The van der Waals surface area contributed by atoms with Crippen LogP contribution in [0.1, 0.15) is 37.8 Å². The van der Waals surface area contributed by atoms with Crippen LogP contribution in [-0.2, 0) is 22.4 Å². The van der Waals surface area contributed by atoms with E-state index in [-0.39, 0.29) is 17.6 Å². The van der Waals surface area contributed by atoms with Gasteiger partial charge in [0.1, 0.15) is 11.6 Å².